The zero-order valence-electron chi connectivity index (χ0n) is 13.4. The van der Waals surface area contributed by atoms with Gasteiger partial charge < -0.3 is 10.5 Å². The molecule has 2 N–H and O–H groups in total. The van der Waals surface area contributed by atoms with Crippen molar-refractivity contribution >= 4 is 11.6 Å². The molecule has 0 aromatic heterocycles. The van der Waals surface area contributed by atoms with Crippen molar-refractivity contribution in [2.75, 3.05) is 26.7 Å². The van der Waals surface area contributed by atoms with E-state index in [-0.39, 0.29) is 11.1 Å². The Bertz CT molecular complexity index is 464. The topological polar surface area (TPSA) is 38.5 Å². The molecule has 2 atom stereocenters. The molecule has 1 aromatic rings. The summed E-state index contributed by atoms with van der Waals surface area (Å²) in [6, 6.07) is 8.08. The summed E-state index contributed by atoms with van der Waals surface area (Å²) in [4.78, 5) is 2.49. The van der Waals surface area contributed by atoms with Gasteiger partial charge >= 0.3 is 0 Å². The van der Waals surface area contributed by atoms with Crippen LogP contribution in [0.4, 0.5) is 0 Å². The van der Waals surface area contributed by atoms with E-state index in [0.29, 0.717) is 6.54 Å². The fourth-order valence-electron chi connectivity index (χ4n) is 3.19. The van der Waals surface area contributed by atoms with E-state index in [1.807, 2.05) is 19.2 Å². The maximum absolute atomic E-state index is 6.14. The van der Waals surface area contributed by atoms with Gasteiger partial charge in [0.25, 0.3) is 0 Å². The average Bonchev–Trinajstić information content (AvgIpc) is 2.49. The first-order valence-corrected chi connectivity index (χ1v) is 8.03. The first kappa shape index (κ1) is 16.8. The molecule has 0 spiro atoms. The molecule has 1 aromatic carbocycles. The summed E-state index contributed by atoms with van der Waals surface area (Å²) in [7, 11) is 1.81. The maximum Gasteiger partial charge on any atom is 0.0777 e. The molecule has 0 bridgehead atoms. The molecule has 1 saturated heterocycles. The van der Waals surface area contributed by atoms with Gasteiger partial charge in [-0.3, -0.25) is 4.90 Å². The molecule has 1 aliphatic heterocycles. The van der Waals surface area contributed by atoms with Crippen LogP contribution in [0.5, 0.6) is 0 Å². The fourth-order valence-corrected chi connectivity index (χ4v) is 3.31. The highest BCUT2D eigenvalue weighted by Gasteiger charge is 2.39. The van der Waals surface area contributed by atoms with Gasteiger partial charge in [-0.2, -0.15) is 0 Å². The molecular weight excluding hydrogens is 284 g/mol. The summed E-state index contributed by atoms with van der Waals surface area (Å²) in [5, 5.41) is 0.776. The molecule has 2 unspecified atom stereocenters. The van der Waals surface area contributed by atoms with Crippen LogP contribution < -0.4 is 5.73 Å². The molecule has 0 saturated carbocycles. The number of nitrogens with two attached hydrogens (primary N) is 1. The van der Waals surface area contributed by atoms with Crippen LogP contribution in [0.1, 0.15) is 32.3 Å². The summed E-state index contributed by atoms with van der Waals surface area (Å²) in [6.07, 6.45) is 3.20. The number of nitrogens with zero attached hydrogens (tertiary/aromatic N) is 1. The van der Waals surface area contributed by atoms with Crippen LogP contribution in [0.25, 0.3) is 0 Å². The Kier molecular flexibility index (Phi) is 5.31. The van der Waals surface area contributed by atoms with Crippen molar-refractivity contribution in [3.05, 3.63) is 34.9 Å². The Morgan fingerprint density at radius 3 is 2.62 bits per heavy atom. The molecule has 0 amide bonds. The number of methoxy groups -OCH3 is 1. The van der Waals surface area contributed by atoms with Crippen LogP contribution in [0, 0.1) is 0 Å². The van der Waals surface area contributed by atoms with Crippen molar-refractivity contribution in [3.8, 4) is 0 Å². The molecule has 1 heterocycles. The van der Waals surface area contributed by atoms with Crippen LogP contribution in [0.3, 0.4) is 0 Å². The van der Waals surface area contributed by atoms with Gasteiger partial charge in [-0.05, 0) is 57.4 Å². The first-order valence-electron chi connectivity index (χ1n) is 7.65. The maximum atomic E-state index is 6.14. The molecule has 21 heavy (non-hydrogen) atoms. The molecule has 1 aliphatic rings. The normalized spacial score (nSPS) is 26.5. The lowest BCUT2D eigenvalue weighted by atomic mass is 9.85. The number of piperidine rings is 1. The minimum absolute atomic E-state index is 0.0476. The quantitative estimate of drug-likeness (QED) is 0.908. The Labute approximate surface area is 133 Å². The Morgan fingerprint density at radius 1 is 1.38 bits per heavy atom. The number of hydrogen-bond donors (Lipinski definition) is 1. The van der Waals surface area contributed by atoms with Crippen molar-refractivity contribution < 1.29 is 4.74 Å². The van der Waals surface area contributed by atoms with Gasteiger partial charge in [0.05, 0.1) is 5.60 Å². The lowest BCUT2D eigenvalue weighted by molar-refractivity contribution is -0.0767. The van der Waals surface area contributed by atoms with Gasteiger partial charge in [-0.15, -0.1) is 0 Å². The van der Waals surface area contributed by atoms with Crippen molar-refractivity contribution in [2.45, 2.75) is 44.2 Å². The third-order valence-electron chi connectivity index (χ3n) is 4.85. The predicted octanol–water partition coefficient (Wildman–Crippen LogP) is 3.10. The van der Waals surface area contributed by atoms with Crippen LogP contribution >= 0.6 is 11.6 Å². The van der Waals surface area contributed by atoms with Gasteiger partial charge in [-0.25, -0.2) is 0 Å². The second-order valence-electron chi connectivity index (χ2n) is 6.68. The van der Waals surface area contributed by atoms with Gasteiger partial charge in [0.2, 0.25) is 0 Å². The van der Waals surface area contributed by atoms with Crippen LogP contribution in [-0.2, 0) is 11.2 Å². The highest BCUT2D eigenvalue weighted by atomic mass is 35.5. The molecule has 3 nitrogen and oxygen atoms in total. The van der Waals surface area contributed by atoms with Gasteiger partial charge in [0.1, 0.15) is 0 Å². The number of rotatable bonds is 5. The van der Waals surface area contributed by atoms with Gasteiger partial charge in [-0.1, -0.05) is 23.7 Å². The first-order chi connectivity index (χ1) is 9.91. The van der Waals surface area contributed by atoms with E-state index in [1.165, 1.54) is 5.56 Å². The summed E-state index contributed by atoms with van der Waals surface area (Å²) in [6.45, 7) is 7.10. The predicted molar refractivity (Wildman–Crippen MR) is 88.8 cm³/mol. The van der Waals surface area contributed by atoms with Gasteiger partial charge in [0.15, 0.2) is 0 Å². The molecule has 0 radical (unpaired) electrons. The molecule has 118 valence electrons. The second-order valence-corrected chi connectivity index (χ2v) is 7.12. The minimum Gasteiger partial charge on any atom is -0.377 e. The number of likely N-dealkylation sites (tertiary alicyclic amines) is 1. The van der Waals surface area contributed by atoms with E-state index in [4.69, 9.17) is 22.1 Å². The number of ether oxygens (including phenoxy) is 1. The van der Waals surface area contributed by atoms with E-state index in [1.54, 1.807) is 0 Å². The SMILES string of the molecule is COC1(C)CCCN(C(C)(CN)Cc2ccc(Cl)cc2)C1. The van der Waals surface area contributed by atoms with E-state index >= 15 is 0 Å². The Balaban J connectivity index is 2.14. The van der Waals surface area contributed by atoms with Crippen molar-refractivity contribution in [2.24, 2.45) is 5.73 Å². The van der Waals surface area contributed by atoms with E-state index < -0.39 is 0 Å². The smallest absolute Gasteiger partial charge is 0.0777 e. The van der Waals surface area contributed by atoms with E-state index in [9.17, 15) is 0 Å². The average molecular weight is 311 g/mol. The highest BCUT2D eigenvalue weighted by molar-refractivity contribution is 6.30. The summed E-state index contributed by atoms with van der Waals surface area (Å²) < 4.78 is 5.71. The Morgan fingerprint density at radius 2 is 2.05 bits per heavy atom. The lowest BCUT2D eigenvalue weighted by Crippen LogP contribution is -2.60. The van der Waals surface area contributed by atoms with Gasteiger partial charge in [0, 0.05) is 30.8 Å². The number of benzene rings is 1. The number of halogens is 1. The molecular formula is C17H27ClN2O. The molecule has 0 aliphatic carbocycles. The zero-order valence-corrected chi connectivity index (χ0v) is 14.1. The Hall–Kier alpha value is -0.610. The van der Waals surface area contributed by atoms with Crippen molar-refractivity contribution in [1.82, 2.24) is 4.90 Å². The van der Waals surface area contributed by atoms with Crippen LogP contribution in [0.2, 0.25) is 5.02 Å². The molecule has 1 fully saturated rings. The zero-order chi connectivity index (χ0) is 15.5. The van der Waals surface area contributed by atoms with Crippen molar-refractivity contribution in [3.63, 3.8) is 0 Å². The standard InChI is InChI=1S/C17H27ClN2O/c1-16(12-19,11-14-5-7-15(18)8-6-14)20-10-4-9-17(2,13-20)21-3/h5-8H,4,9-13,19H2,1-3H3. The third kappa shape index (κ3) is 3.98. The van der Waals surface area contributed by atoms with Crippen LogP contribution in [0.15, 0.2) is 24.3 Å². The molecule has 2 rings (SSSR count). The monoisotopic (exact) mass is 310 g/mol. The third-order valence-corrected chi connectivity index (χ3v) is 5.11. The molecule has 4 heteroatoms. The summed E-state index contributed by atoms with van der Waals surface area (Å²) in [5.74, 6) is 0. The summed E-state index contributed by atoms with van der Waals surface area (Å²) in [5.41, 5.74) is 7.30. The lowest BCUT2D eigenvalue weighted by Gasteiger charge is -2.48. The highest BCUT2D eigenvalue weighted by Crippen LogP contribution is 2.30. The minimum atomic E-state index is -0.0608. The van der Waals surface area contributed by atoms with E-state index in [0.717, 1.165) is 37.4 Å². The number of hydrogen-bond acceptors (Lipinski definition) is 3. The second kappa shape index (κ2) is 6.66. The fraction of sp³-hybridized carbons (Fsp3) is 0.647. The summed E-state index contributed by atoms with van der Waals surface area (Å²) >= 11 is 5.97. The van der Waals surface area contributed by atoms with E-state index in [2.05, 4.69) is 30.9 Å². The van der Waals surface area contributed by atoms with Crippen molar-refractivity contribution in [1.29, 1.82) is 0 Å². The largest absolute Gasteiger partial charge is 0.377 e. The van der Waals surface area contributed by atoms with Crippen LogP contribution in [-0.4, -0.2) is 42.8 Å².